The van der Waals surface area contributed by atoms with E-state index in [1.165, 1.54) is 31.4 Å². The lowest BCUT2D eigenvalue weighted by Gasteiger charge is -2.23. The van der Waals surface area contributed by atoms with Gasteiger partial charge in [-0.05, 0) is 25.5 Å². The van der Waals surface area contributed by atoms with E-state index in [9.17, 15) is 0 Å². The molecule has 0 radical (unpaired) electrons. The zero-order valence-electron chi connectivity index (χ0n) is 14.1. The Morgan fingerprint density at radius 3 is 2.71 bits per heavy atom. The van der Waals surface area contributed by atoms with Gasteiger partial charge in [-0.3, -0.25) is 4.68 Å². The third-order valence-corrected chi connectivity index (χ3v) is 5.46. The number of nitrogens with one attached hydrogen (secondary N) is 1. The van der Waals surface area contributed by atoms with Gasteiger partial charge in [0.05, 0.1) is 11.7 Å². The van der Waals surface area contributed by atoms with E-state index in [4.69, 9.17) is 5.10 Å². The third kappa shape index (κ3) is 5.67. The molecule has 1 aromatic rings. The second-order valence-electron chi connectivity index (χ2n) is 7.11. The van der Waals surface area contributed by atoms with Crippen molar-refractivity contribution in [3.8, 4) is 0 Å². The van der Waals surface area contributed by atoms with E-state index in [2.05, 4.69) is 50.0 Å². The van der Waals surface area contributed by atoms with E-state index < -0.39 is 0 Å². The van der Waals surface area contributed by atoms with Crippen molar-refractivity contribution in [2.45, 2.75) is 76.6 Å². The molecule has 1 atom stereocenters. The molecule has 1 saturated carbocycles. The third-order valence-electron chi connectivity index (χ3n) is 4.03. The maximum absolute atomic E-state index is 4.83. The van der Waals surface area contributed by atoms with Crippen LogP contribution in [-0.2, 0) is 6.42 Å². The molecule has 120 valence electrons. The Bertz CT molecular complexity index is 416. The van der Waals surface area contributed by atoms with Crippen molar-refractivity contribution in [3.63, 3.8) is 0 Å². The van der Waals surface area contributed by atoms with E-state index in [0.717, 1.165) is 18.7 Å². The van der Waals surface area contributed by atoms with Crippen molar-refractivity contribution < 1.29 is 0 Å². The summed E-state index contributed by atoms with van der Waals surface area (Å²) in [6, 6.07) is 3.39. The largest absolute Gasteiger partial charge is 0.313 e. The van der Waals surface area contributed by atoms with E-state index in [-0.39, 0.29) is 0 Å². The smallest absolute Gasteiger partial charge is 0.0640 e. The molecule has 1 unspecified atom stereocenters. The number of hydrogen-bond donors (Lipinski definition) is 1. The van der Waals surface area contributed by atoms with Gasteiger partial charge in [0.2, 0.25) is 0 Å². The first-order chi connectivity index (χ1) is 9.98. The van der Waals surface area contributed by atoms with Crippen molar-refractivity contribution in [1.29, 1.82) is 0 Å². The Kier molecular flexibility index (Phi) is 6.18. The zero-order chi connectivity index (χ0) is 15.3. The van der Waals surface area contributed by atoms with E-state index in [1.54, 1.807) is 0 Å². The fourth-order valence-corrected chi connectivity index (χ4v) is 3.88. The van der Waals surface area contributed by atoms with Gasteiger partial charge < -0.3 is 5.32 Å². The Hall–Kier alpha value is -0.480. The molecule has 1 aromatic heterocycles. The number of likely N-dealkylation sites (N-methyl/N-ethyl adjacent to an activating group) is 1. The van der Waals surface area contributed by atoms with Crippen molar-refractivity contribution in [2.75, 3.05) is 12.3 Å². The summed E-state index contributed by atoms with van der Waals surface area (Å²) in [5.74, 6) is 1.15. The van der Waals surface area contributed by atoms with Gasteiger partial charge >= 0.3 is 0 Å². The number of hydrogen-bond acceptors (Lipinski definition) is 3. The quantitative estimate of drug-likeness (QED) is 0.824. The lowest BCUT2D eigenvalue weighted by atomic mass is 10.2. The van der Waals surface area contributed by atoms with Gasteiger partial charge in [-0.2, -0.15) is 16.9 Å². The molecule has 1 aliphatic carbocycles. The normalized spacial score (nSPS) is 18.3. The first kappa shape index (κ1) is 16.9. The molecule has 1 fully saturated rings. The minimum absolute atomic E-state index is 0.330. The maximum Gasteiger partial charge on any atom is 0.0640 e. The van der Waals surface area contributed by atoms with Gasteiger partial charge in [-0.1, -0.05) is 40.5 Å². The highest BCUT2D eigenvalue weighted by Crippen LogP contribution is 2.29. The van der Waals surface area contributed by atoms with Crippen LogP contribution in [-0.4, -0.2) is 32.9 Å². The van der Waals surface area contributed by atoms with Gasteiger partial charge in [0.1, 0.15) is 0 Å². The van der Waals surface area contributed by atoms with Gasteiger partial charge in [-0.15, -0.1) is 0 Å². The van der Waals surface area contributed by atoms with Gasteiger partial charge in [0, 0.05) is 29.2 Å². The van der Waals surface area contributed by atoms with Crippen molar-refractivity contribution in [2.24, 2.45) is 0 Å². The molecular weight excluding hydrogens is 278 g/mol. The molecule has 1 heterocycles. The lowest BCUT2D eigenvalue weighted by Crippen LogP contribution is -2.34. The first-order valence-corrected chi connectivity index (χ1v) is 9.38. The molecule has 1 aliphatic rings. The average Bonchev–Trinajstić information content (AvgIpc) is 3.05. The number of rotatable bonds is 7. The van der Waals surface area contributed by atoms with Gasteiger partial charge in [0.25, 0.3) is 0 Å². The van der Waals surface area contributed by atoms with Crippen LogP contribution in [0.5, 0.6) is 0 Å². The highest BCUT2D eigenvalue weighted by Gasteiger charge is 2.19. The highest BCUT2D eigenvalue weighted by molar-refractivity contribution is 8.00. The molecule has 0 spiro atoms. The van der Waals surface area contributed by atoms with Crippen molar-refractivity contribution >= 4 is 11.8 Å². The monoisotopic (exact) mass is 309 g/mol. The van der Waals surface area contributed by atoms with Crippen LogP contribution in [0.4, 0.5) is 0 Å². The fourth-order valence-electron chi connectivity index (χ4n) is 2.94. The molecular formula is C17H31N3S. The Labute approximate surface area is 134 Å². The van der Waals surface area contributed by atoms with Crippen LogP contribution in [0.25, 0.3) is 0 Å². The van der Waals surface area contributed by atoms with E-state index in [1.807, 2.05) is 11.8 Å². The summed E-state index contributed by atoms with van der Waals surface area (Å²) in [5, 5.41) is 8.44. The molecule has 0 aliphatic heterocycles. The first-order valence-electron chi connectivity index (χ1n) is 8.39. The summed E-state index contributed by atoms with van der Waals surface area (Å²) in [4.78, 5) is 0. The SMILES string of the molecule is CCNC(CSC(C)(C)C)Cc1ccn(C2CCCC2)n1. The molecule has 1 N–H and O–H groups in total. The van der Waals surface area contributed by atoms with Crippen LogP contribution < -0.4 is 5.32 Å². The molecule has 3 nitrogen and oxygen atoms in total. The van der Waals surface area contributed by atoms with Crippen molar-refractivity contribution in [1.82, 2.24) is 15.1 Å². The highest BCUT2D eigenvalue weighted by atomic mass is 32.2. The van der Waals surface area contributed by atoms with E-state index in [0.29, 0.717) is 16.8 Å². The van der Waals surface area contributed by atoms with Gasteiger partial charge in [-0.25, -0.2) is 0 Å². The van der Waals surface area contributed by atoms with Crippen LogP contribution in [0.3, 0.4) is 0 Å². The summed E-state index contributed by atoms with van der Waals surface area (Å²) < 4.78 is 2.54. The van der Waals surface area contributed by atoms with Crippen LogP contribution in [0.2, 0.25) is 0 Å². The van der Waals surface area contributed by atoms with Crippen LogP contribution in [0.1, 0.15) is 65.1 Å². The molecule has 2 rings (SSSR count). The Balaban J connectivity index is 1.90. The summed E-state index contributed by atoms with van der Waals surface area (Å²) in [6.07, 6.45) is 8.56. The summed E-state index contributed by atoms with van der Waals surface area (Å²) in [6.45, 7) is 10.1. The molecule has 0 bridgehead atoms. The molecule has 0 amide bonds. The van der Waals surface area contributed by atoms with Crippen LogP contribution >= 0.6 is 11.8 Å². The van der Waals surface area contributed by atoms with Crippen LogP contribution in [0.15, 0.2) is 12.3 Å². The second-order valence-corrected chi connectivity index (χ2v) is 8.95. The molecule has 4 heteroatoms. The molecule has 0 aromatic carbocycles. The lowest BCUT2D eigenvalue weighted by molar-refractivity contribution is 0.459. The second kappa shape index (κ2) is 7.68. The van der Waals surface area contributed by atoms with Crippen LogP contribution in [0, 0.1) is 0 Å². The van der Waals surface area contributed by atoms with E-state index >= 15 is 0 Å². The predicted octanol–water partition coefficient (Wildman–Crippen LogP) is 4.05. The minimum atomic E-state index is 0.330. The standard InChI is InChI=1S/C17H31N3S/c1-5-18-15(13-21-17(2,3)4)12-14-10-11-20(19-14)16-8-6-7-9-16/h10-11,15-16,18H,5-9,12-13H2,1-4H3. The maximum atomic E-state index is 4.83. The van der Waals surface area contributed by atoms with Crippen molar-refractivity contribution in [3.05, 3.63) is 18.0 Å². The number of aromatic nitrogens is 2. The topological polar surface area (TPSA) is 29.9 Å². The minimum Gasteiger partial charge on any atom is -0.313 e. The Morgan fingerprint density at radius 1 is 1.38 bits per heavy atom. The Morgan fingerprint density at radius 2 is 2.10 bits per heavy atom. The summed E-state index contributed by atoms with van der Waals surface area (Å²) in [5.41, 5.74) is 1.24. The predicted molar refractivity (Wildman–Crippen MR) is 93.1 cm³/mol. The number of thioether (sulfide) groups is 1. The van der Waals surface area contributed by atoms with Gasteiger partial charge in [0.15, 0.2) is 0 Å². The zero-order valence-corrected chi connectivity index (χ0v) is 14.9. The molecule has 0 saturated heterocycles. The average molecular weight is 310 g/mol. The summed E-state index contributed by atoms with van der Waals surface area (Å²) in [7, 11) is 0. The number of nitrogens with zero attached hydrogens (tertiary/aromatic N) is 2. The fraction of sp³-hybridized carbons (Fsp3) is 0.824. The molecule has 21 heavy (non-hydrogen) atoms. The summed E-state index contributed by atoms with van der Waals surface area (Å²) >= 11 is 2.04.